The summed E-state index contributed by atoms with van der Waals surface area (Å²) in [5.74, 6) is 1.57. The molecule has 0 unspecified atom stereocenters. The third-order valence-electron chi connectivity index (χ3n) is 2.55. The number of benzene rings is 1. The number of aromatic nitrogens is 1. The van der Waals surface area contributed by atoms with Crippen molar-refractivity contribution in [1.29, 1.82) is 0 Å². The highest BCUT2D eigenvalue weighted by Crippen LogP contribution is 2.21. The monoisotopic (exact) mass is 228 g/mol. The van der Waals surface area contributed by atoms with Gasteiger partial charge < -0.3 is 10.5 Å². The molecule has 0 spiro atoms. The average molecular weight is 228 g/mol. The van der Waals surface area contributed by atoms with E-state index in [0.717, 1.165) is 23.6 Å². The van der Waals surface area contributed by atoms with Crippen LogP contribution in [0.2, 0.25) is 0 Å². The lowest BCUT2D eigenvalue weighted by Gasteiger charge is -2.07. The van der Waals surface area contributed by atoms with E-state index in [9.17, 15) is 0 Å². The van der Waals surface area contributed by atoms with Crippen molar-refractivity contribution in [3.05, 3.63) is 53.9 Å². The van der Waals surface area contributed by atoms with Crippen LogP contribution in [-0.2, 0) is 13.0 Å². The summed E-state index contributed by atoms with van der Waals surface area (Å²) in [4.78, 5) is 4.19. The zero-order valence-electron chi connectivity index (χ0n) is 9.89. The summed E-state index contributed by atoms with van der Waals surface area (Å²) in [7, 11) is 0. The van der Waals surface area contributed by atoms with Crippen molar-refractivity contribution in [1.82, 2.24) is 4.98 Å². The Kier molecular flexibility index (Phi) is 3.73. The smallest absolute Gasteiger partial charge is 0.145 e. The Balaban J connectivity index is 2.13. The van der Waals surface area contributed by atoms with Crippen LogP contribution in [0.25, 0.3) is 0 Å². The van der Waals surface area contributed by atoms with Gasteiger partial charge in [0, 0.05) is 6.54 Å². The van der Waals surface area contributed by atoms with Crippen molar-refractivity contribution in [2.75, 3.05) is 0 Å². The summed E-state index contributed by atoms with van der Waals surface area (Å²) >= 11 is 0. The fraction of sp³-hybridized carbons (Fsp3) is 0.214. The Morgan fingerprint density at radius 1 is 1.18 bits per heavy atom. The topological polar surface area (TPSA) is 48.1 Å². The highest BCUT2D eigenvalue weighted by atomic mass is 16.5. The van der Waals surface area contributed by atoms with Crippen LogP contribution in [0.5, 0.6) is 11.5 Å². The van der Waals surface area contributed by atoms with Crippen LogP contribution in [0.4, 0.5) is 0 Å². The molecule has 0 saturated heterocycles. The lowest BCUT2D eigenvalue weighted by Crippen LogP contribution is -1.98. The van der Waals surface area contributed by atoms with Crippen LogP contribution >= 0.6 is 0 Å². The molecule has 0 radical (unpaired) electrons. The maximum absolute atomic E-state index is 5.72. The molecule has 88 valence electrons. The SMILES string of the molecule is CCc1cccc(Oc2ccc(CN)nc2)c1. The molecule has 1 aromatic heterocycles. The van der Waals surface area contributed by atoms with Gasteiger partial charge in [-0.3, -0.25) is 4.98 Å². The zero-order chi connectivity index (χ0) is 12.1. The minimum absolute atomic E-state index is 0.450. The van der Waals surface area contributed by atoms with Gasteiger partial charge in [0.05, 0.1) is 11.9 Å². The van der Waals surface area contributed by atoms with Crippen LogP contribution in [0.15, 0.2) is 42.6 Å². The van der Waals surface area contributed by atoms with E-state index in [1.54, 1.807) is 6.20 Å². The number of nitrogens with two attached hydrogens (primary N) is 1. The Morgan fingerprint density at radius 2 is 2.06 bits per heavy atom. The number of rotatable bonds is 4. The standard InChI is InChI=1S/C14H16N2O/c1-2-11-4-3-5-13(8-11)17-14-7-6-12(9-15)16-10-14/h3-8,10H,2,9,15H2,1H3. The third-order valence-corrected chi connectivity index (χ3v) is 2.55. The minimum Gasteiger partial charge on any atom is -0.456 e. The van der Waals surface area contributed by atoms with E-state index in [1.807, 2.05) is 30.3 Å². The lowest BCUT2D eigenvalue weighted by molar-refractivity contribution is 0.479. The summed E-state index contributed by atoms with van der Waals surface area (Å²) in [6, 6.07) is 11.8. The molecule has 0 aliphatic carbocycles. The molecule has 1 heterocycles. The molecular weight excluding hydrogens is 212 g/mol. The van der Waals surface area contributed by atoms with Crippen molar-refractivity contribution in [2.24, 2.45) is 5.73 Å². The Labute approximate surface area is 101 Å². The molecule has 0 amide bonds. The highest BCUT2D eigenvalue weighted by molar-refractivity contribution is 5.33. The van der Waals surface area contributed by atoms with Crippen LogP contribution < -0.4 is 10.5 Å². The van der Waals surface area contributed by atoms with Crippen molar-refractivity contribution >= 4 is 0 Å². The van der Waals surface area contributed by atoms with Crippen LogP contribution in [0, 0.1) is 0 Å². The maximum atomic E-state index is 5.72. The molecule has 0 aliphatic heterocycles. The van der Waals surface area contributed by atoms with Gasteiger partial charge >= 0.3 is 0 Å². The fourth-order valence-electron chi connectivity index (χ4n) is 1.56. The normalized spacial score (nSPS) is 10.2. The first-order valence-electron chi connectivity index (χ1n) is 5.73. The molecule has 0 fully saturated rings. The molecule has 3 nitrogen and oxygen atoms in total. The predicted molar refractivity (Wildman–Crippen MR) is 68.0 cm³/mol. The van der Waals surface area contributed by atoms with Gasteiger partial charge in [-0.25, -0.2) is 0 Å². The van der Waals surface area contributed by atoms with E-state index in [2.05, 4.69) is 18.0 Å². The quantitative estimate of drug-likeness (QED) is 0.875. The molecule has 17 heavy (non-hydrogen) atoms. The van der Waals surface area contributed by atoms with Crippen molar-refractivity contribution < 1.29 is 4.74 Å². The molecule has 2 rings (SSSR count). The molecule has 2 aromatic rings. The van der Waals surface area contributed by atoms with Crippen molar-refractivity contribution in [2.45, 2.75) is 19.9 Å². The summed E-state index contributed by atoms with van der Waals surface area (Å²) in [5.41, 5.74) is 7.61. The first-order valence-corrected chi connectivity index (χ1v) is 5.73. The van der Waals surface area contributed by atoms with E-state index < -0.39 is 0 Å². The highest BCUT2D eigenvalue weighted by Gasteiger charge is 1.99. The number of pyridine rings is 1. The second-order valence-electron chi connectivity index (χ2n) is 3.79. The summed E-state index contributed by atoms with van der Waals surface area (Å²) in [5, 5.41) is 0. The Bertz CT molecular complexity index is 480. The van der Waals surface area contributed by atoms with Gasteiger partial charge in [-0.05, 0) is 36.2 Å². The number of ether oxygens (including phenoxy) is 1. The maximum Gasteiger partial charge on any atom is 0.145 e. The minimum atomic E-state index is 0.450. The van der Waals surface area contributed by atoms with Crippen molar-refractivity contribution in [3.63, 3.8) is 0 Å². The molecule has 0 aliphatic rings. The van der Waals surface area contributed by atoms with Gasteiger partial charge in [-0.2, -0.15) is 0 Å². The van der Waals surface area contributed by atoms with Gasteiger partial charge in [0.25, 0.3) is 0 Å². The van der Waals surface area contributed by atoms with Crippen LogP contribution in [-0.4, -0.2) is 4.98 Å². The van der Waals surface area contributed by atoms with Gasteiger partial charge in [0.2, 0.25) is 0 Å². The van der Waals surface area contributed by atoms with Gasteiger partial charge in [0.15, 0.2) is 0 Å². The average Bonchev–Trinajstić information content (AvgIpc) is 2.40. The second-order valence-corrected chi connectivity index (χ2v) is 3.79. The molecular formula is C14H16N2O. The molecule has 0 atom stereocenters. The molecule has 0 saturated carbocycles. The van der Waals surface area contributed by atoms with Gasteiger partial charge in [-0.15, -0.1) is 0 Å². The van der Waals surface area contributed by atoms with E-state index in [1.165, 1.54) is 5.56 Å². The molecule has 1 aromatic carbocycles. The van der Waals surface area contributed by atoms with E-state index in [-0.39, 0.29) is 0 Å². The van der Waals surface area contributed by atoms with Gasteiger partial charge in [-0.1, -0.05) is 19.1 Å². The molecule has 3 heteroatoms. The van der Waals surface area contributed by atoms with E-state index in [4.69, 9.17) is 10.5 Å². The fourth-order valence-corrected chi connectivity index (χ4v) is 1.56. The number of nitrogens with zero attached hydrogens (tertiary/aromatic N) is 1. The Hall–Kier alpha value is -1.87. The van der Waals surface area contributed by atoms with Crippen LogP contribution in [0.1, 0.15) is 18.2 Å². The first kappa shape index (κ1) is 11.6. The number of hydrogen-bond donors (Lipinski definition) is 1. The lowest BCUT2D eigenvalue weighted by atomic mass is 10.2. The summed E-state index contributed by atoms with van der Waals surface area (Å²) in [6.45, 7) is 2.57. The molecule has 0 bridgehead atoms. The summed E-state index contributed by atoms with van der Waals surface area (Å²) < 4.78 is 5.72. The van der Waals surface area contributed by atoms with E-state index >= 15 is 0 Å². The number of hydrogen-bond acceptors (Lipinski definition) is 3. The largest absolute Gasteiger partial charge is 0.456 e. The number of aryl methyl sites for hydroxylation is 1. The molecule has 2 N–H and O–H groups in total. The second kappa shape index (κ2) is 5.46. The third kappa shape index (κ3) is 3.04. The van der Waals surface area contributed by atoms with Crippen LogP contribution in [0.3, 0.4) is 0 Å². The van der Waals surface area contributed by atoms with E-state index in [0.29, 0.717) is 6.54 Å². The van der Waals surface area contributed by atoms with Crippen molar-refractivity contribution in [3.8, 4) is 11.5 Å². The predicted octanol–water partition coefficient (Wildman–Crippen LogP) is 2.90. The summed E-state index contributed by atoms with van der Waals surface area (Å²) in [6.07, 6.45) is 2.70. The Morgan fingerprint density at radius 3 is 2.71 bits per heavy atom. The first-order chi connectivity index (χ1) is 8.31. The van der Waals surface area contributed by atoms with Gasteiger partial charge in [0.1, 0.15) is 11.5 Å². The zero-order valence-corrected chi connectivity index (χ0v) is 9.89.